The van der Waals surface area contributed by atoms with Gasteiger partial charge in [-0.2, -0.15) is 0 Å². The predicted molar refractivity (Wildman–Crippen MR) is 78.5 cm³/mol. The Morgan fingerprint density at radius 3 is 2.67 bits per heavy atom. The summed E-state index contributed by atoms with van der Waals surface area (Å²) in [5.74, 6) is 0. The lowest BCUT2D eigenvalue weighted by Gasteiger charge is -2.14. The van der Waals surface area contributed by atoms with Gasteiger partial charge in [-0.1, -0.05) is 34.1 Å². The quantitative estimate of drug-likeness (QED) is 0.939. The smallest absolute Gasteiger partial charge is 0.0451 e. The highest BCUT2D eigenvalue weighted by atomic mass is 79.9. The SMILES string of the molecule is Cc1ccc(C(N)Cc2ncccc2C)cc1Br. The Morgan fingerprint density at radius 2 is 2.00 bits per heavy atom. The summed E-state index contributed by atoms with van der Waals surface area (Å²) in [5.41, 5.74) is 10.9. The maximum Gasteiger partial charge on any atom is 0.0451 e. The summed E-state index contributed by atoms with van der Waals surface area (Å²) < 4.78 is 1.10. The molecule has 1 aromatic carbocycles. The molecule has 0 aliphatic heterocycles. The number of aromatic nitrogens is 1. The fourth-order valence-electron chi connectivity index (χ4n) is 1.90. The van der Waals surface area contributed by atoms with E-state index < -0.39 is 0 Å². The lowest BCUT2D eigenvalue weighted by atomic mass is 10.00. The number of rotatable bonds is 3. The van der Waals surface area contributed by atoms with Gasteiger partial charge in [-0.15, -0.1) is 0 Å². The van der Waals surface area contributed by atoms with Crippen molar-refractivity contribution in [1.82, 2.24) is 4.98 Å². The van der Waals surface area contributed by atoms with Crippen LogP contribution >= 0.6 is 15.9 Å². The highest BCUT2D eigenvalue weighted by Crippen LogP contribution is 2.23. The molecular weight excluding hydrogens is 288 g/mol. The van der Waals surface area contributed by atoms with Crippen LogP contribution in [-0.4, -0.2) is 4.98 Å². The van der Waals surface area contributed by atoms with E-state index in [0.29, 0.717) is 0 Å². The van der Waals surface area contributed by atoms with Gasteiger partial charge < -0.3 is 5.73 Å². The third-order valence-corrected chi connectivity index (χ3v) is 4.01. The molecule has 2 aromatic rings. The largest absolute Gasteiger partial charge is 0.324 e. The van der Waals surface area contributed by atoms with Crippen molar-refractivity contribution >= 4 is 15.9 Å². The van der Waals surface area contributed by atoms with Crippen LogP contribution < -0.4 is 5.73 Å². The monoisotopic (exact) mass is 304 g/mol. The van der Waals surface area contributed by atoms with E-state index in [0.717, 1.165) is 22.2 Å². The van der Waals surface area contributed by atoms with E-state index in [9.17, 15) is 0 Å². The fraction of sp³-hybridized carbons (Fsp3) is 0.267. The number of hydrogen-bond acceptors (Lipinski definition) is 2. The average Bonchev–Trinajstić information content (AvgIpc) is 2.35. The van der Waals surface area contributed by atoms with Crippen molar-refractivity contribution in [2.45, 2.75) is 26.3 Å². The Morgan fingerprint density at radius 1 is 1.22 bits per heavy atom. The summed E-state index contributed by atoms with van der Waals surface area (Å²) in [5, 5.41) is 0. The first-order valence-electron chi connectivity index (χ1n) is 6.00. The maximum absolute atomic E-state index is 6.25. The molecule has 94 valence electrons. The minimum Gasteiger partial charge on any atom is -0.324 e. The molecule has 0 aliphatic rings. The first kappa shape index (κ1) is 13.2. The average molecular weight is 305 g/mol. The molecule has 0 spiro atoms. The van der Waals surface area contributed by atoms with Crippen molar-refractivity contribution in [1.29, 1.82) is 0 Å². The van der Waals surface area contributed by atoms with Crippen molar-refractivity contribution in [3.05, 3.63) is 63.4 Å². The van der Waals surface area contributed by atoms with Crippen LogP contribution in [0, 0.1) is 13.8 Å². The van der Waals surface area contributed by atoms with Gasteiger partial charge in [0.15, 0.2) is 0 Å². The van der Waals surface area contributed by atoms with E-state index in [2.05, 4.69) is 59.0 Å². The van der Waals surface area contributed by atoms with Crippen molar-refractivity contribution < 1.29 is 0 Å². The minimum absolute atomic E-state index is 0.0181. The van der Waals surface area contributed by atoms with Gasteiger partial charge in [0.05, 0.1) is 0 Å². The van der Waals surface area contributed by atoms with Gasteiger partial charge in [-0.05, 0) is 42.7 Å². The molecule has 0 amide bonds. The van der Waals surface area contributed by atoms with Crippen LogP contribution in [0.4, 0.5) is 0 Å². The van der Waals surface area contributed by atoms with Gasteiger partial charge in [0.25, 0.3) is 0 Å². The van der Waals surface area contributed by atoms with Gasteiger partial charge >= 0.3 is 0 Å². The van der Waals surface area contributed by atoms with E-state index >= 15 is 0 Å². The Bertz CT molecular complexity index is 552. The van der Waals surface area contributed by atoms with Crippen molar-refractivity contribution in [3.8, 4) is 0 Å². The van der Waals surface area contributed by atoms with E-state index in [1.807, 2.05) is 12.3 Å². The summed E-state index contributed by atoms with van der Waals surface area (Å²) in [6.45, 7) is 4.14. The number of hydrogen-bond donors (Lipinski definition) is 1. The molecule has 0 bridgehead atoms. The maximum atomic E-state index is 6.25. The normalized spacial score (nSPS) is 12.4. The van der Waals surface area contributed by atoms with Crippen LogP contribution in [0.1, 0.15) is 28.4 Å². The Hall–Kier alpha value is -1.19. The van der Waals surface area contributed by atoms with Crippen LogP contribution in [0.15, 0.2) is 41.0 Å². The summed E-state index contributed by atoms with van der Waals surface area (Å²) in [6.07, 6.45) is 2.59. The molecule has 0 fully saturated rings. The first-order chi connectivity index (χ1) is 8.58. The third kappa shape index (κ3) is 2.98. The summed E-state index contributed by atoms with van der Waals surface area (Å²) in [4.78, 5) is 4.39. The summed E-state index contributed by atoms with van der Waals surface area (Å²) >= 11 is 3.54. The molecule has 2 rings (SSSR count). The second-order valence-corrected chi connectivity index (χ2v) is 5.44. The standard InChI is InChI=1S/C15H17BrN2/c1-10-5-6-12(8-13(10)16)14(17)9-15-11(2)4-3-7-18-15/h3-8,14H,9,17H2,1-2H3. The zero-order valence-corrected chi connectivity index (χ0v) is 12.2. The zero-order chi connectivity index (χ0) is 13.1. The van der Waals surface area contributed by atoms with E-state index in [1.165, 1.54) is 11.1 Å². The van der Waals surface area contributed by atoms with Crippen molar-refractivity contribution in [2.24, 2.45) is 5.73 Å². The molecule has 1 atom stereocenters. The van der Waals surface area contributed by atoms with Gasteiger partial charge in [-0.3, -0.25) is 4.98 Å². The molecule has 1 unspecified atom stereocenters. The molecule has 0 aliphatic carbocycles. The van der Waals surface area contributed by atoms with E-state index in [4.69, 9.17) is 5.73 Å². The fourth-order valence-corrected chi connectivity index (χ4v) is 2.29. The number of nitrogens with two attached hydrogens (primary N) is 1. The van der Waals surface area contributed by atoms with Gasteiger partial charge in [0, 0.05) is 28.8 Å². The second-order valence-electron chi connectivity index (χ2n) is 4.59. The van der Waals surface area contributed by atoms with Crippen molar-refractivity contribution in [2.75, 3.05) is 0 Å². The van der Waals surface area contributed by atoms with Crippen LogP contribution in [0.25, 0.3) is 0 Å². The highest BCUT2D eigenvalue weighted by Gasteiger charge is 2.10. The molecule has 0 radical (unpaired) electrons. The molecule has 1 aromatic heterocycles. The Balaban J connectivity index is 2.19. The lowest BCUT2D eigenvalue weighted by Crippen LogP contribution is -2.15. The Kier molecular flexibility index (Phi) is 4.15. The molecule has 0 saturated carbocycles. The summed E-state index contributed by atoms with van der Waals surface area (Å²) in [6, 6.07) is 10.3. The molecule has 18 heavy (non-hydrogen) atoms. The van der Waals surface area contributed by atoms with Crippen LogP contribution in [0.2, 0.25) is 0 Å². The predicted octanol–water partition coefficient (Wildman–Crippen LogP) is 3.70. The zero-order valence-electron chi connectivity index (χ0n) is 10.7. The number of pyridine rings is 1. The first-order valence-corrected chi connectivity index (χ1v) is 6.79. The number of benzene rings is 1. The molecule has 2 nitrogen and oxygen atoms in total. The van der Waals surface area contributed by atoms with Gasteiger partial charge in [0.1, 0.15) is 0 Å². The van der Waals surface area contributed by atoms with Gasteiger partial charge in [0.2, 0.25) is 0 Å². The minimum atomic E-state index is -0.0181. The van der Waals surface area contributed by atoms with Crippen LogP contribution in [0.5, 0.6) is 0 Å². The molecule has 1 heterocycles. The summed E-state index contributed by atoms with van der Waals surface area (Å²) in [7, 11) is 0. The lowest BCUT2D eigenvalue weighted by molar-refractivity contribution is 0.702. The third-order valence-electron chi connectivity index (χ3n) is 3.16. The molecular formula is C15H17BrN2. The molecule has 3 heteroatoms. The van der Waals surface area contributed by atoms with E-state index in [1.54, 1.807) is 0 Å². The topological polar surface area (TPSA) is 38.9 Å². The Labute approximate surface area is 116 Å². The van der Waals surface area contributed by atoms with Gasteiger partial charge in [-0.25, -0.2) is 0 Å². The van der Waals surface area contributed by atoms with E-state index in [-0.39, 0.29) is 6.04 Å². The molecule has 2 N–H and O–H groups in total. The number of halogens is 1. The number of nitrogens with zero attached hydrogens (tertiary/aromatic N) is 1. The van der Waals surface area contributed by atoms with Crippen molar-refractivity contribution in [3.63, 3.8) is 0 Å². The van der Waals surface area contributed by atoms with Crippen LogP contribution in [0.3, 0.4) is 0 Å². The highest BCUT2D eigenvalue weighted by molar-refractivity contribution is 9.10. The number of aryl methyl sites for hydroxylation is 2. The van der Waals surface area contributed by atoms with Crippen LogP contribution in [-0.2, 0) is 6.42 Å². The molecule has 0 saturated heterocycles. The second kappa shape index (κ2) is 5.63.